The minimum absolute atomic E-state index is 0.233. The summed E-state index contributed by atoms with van der Waals surface area (Å²) in [7, 11) is 0. The number of ether oxygens (including phenoxy) is 1. The number of nitriles is 1. The second-order valence-electron chi connectivity index (χ2n) is 7.35. The van der Waals surface area contributed by atoms with Crippen LogP contribution in [-0.4, -0.2) is 23.6 Å². The maximum absolute atomic E-state index is 12.3. The second kappa shape index (κ2) is 9.07. The first-order valence-corrected chi connectivity index (χ1v) is 8.37. The highest BCUT2D eigenvalue weighted by Gasteiger charge is 2.27. The lowest BCUT2D eigenvalue weighted by Crippen LogP contribution is -2.48. The topological polar surface area (TPSA) is 91.2 Å². The number of nitrogens with zero attached hydrogens (tertiary/aromatic N) is 1. The van der Waals surface area contributed by atoms with E-state index >= 15 is 0 Å². The summed E-state index contributed by atoms with van der Waals surface area (Å²) in [6.07, 6.45) is 0.499. The van der Waals surface area contributed by atoms with Gasteiger partial charge in [-0.25, -0.2) is 9.59 Å². The predicted molar refractivity (Wildman–Crippen MR) is 95.6 cm³/mol. The van der Waals surface area contributed by atoms with Crippen LogP contribution in [0.25, 0.3) is 0 Å². The Labute approximate surface area is 149 Å². The first kappa shape index (κ1) is 20.5. The zero-order valence-electron chi connectivity index (χ0n) is 15.6. The molecule has 1 rings (SSSR count). The van der Waals surface area contributed by atoms with Crippen molar-refractivity contribution in [3.8, 4) is 6.07 Å². The largest absolute Gasteiger partial charge is 0.458 e. The molecule has 6 nitrogen and oxygen atoms in total. The molecular weight excluding hydrogens is 318 g/mol. The number of rotatable bonds is 6. The molecule has 25 heavy (non-hydrogen) atoms. The third-order valence-electron chi connectivity index (χ3n) is 3.24. The van der Waals surface area contributed by atoms with Crippen LogP contribution in [0.4, 0.5) is 4.79 Å². The van der Waals surface area contributed by atoms with Gasteiger partial charge in [-0.2, -0.15) is 5.26 Å². The summed E-state index contributed by atoms with van der Waals surface area (Å²) >= 11 is 0. The minimum atomic E-state index is -0.694. The number of hydrogen-bond donors (Lipinski definition) is 2. The van der Waals surface area contributed by atoms with Crippen LogP contribution >= 0.6 is 0 Å². The molecule has 0 heterocycles. The highest BCUT2D eigenvalue weighted by atomic mass is 16.6. The van der Waals surface area contributed by atoms with Gasteiger partial charge in [0.2, 0.25) is 0 Å². The Morgan fingerprint density at radius 2 is 1.80 bits per heavy atom. The molecule has 0 aromatic heterocycles. The Morgan fingerprint density at radius 3 is 2.28 bits per heavy atom. The van der Waals surface area contributed by atoms with E-state index in [1.165, 1.54) is 0 Å². The third kappa shape index (κ3) is 8.20. The van der Waals surface area contributed by atoms with Crippen LogP contribution in [0.1, 0.15) is 52.2 Å². The zero-order valence-corrected chi connectivity index (χ0v) is 15.6. The minimum Gasteiger partial charge on any atom is -0.458 e. The van der Waals surface area contributed by atoms with Gasteiger partial charge in [0.15, 0.2) is 0 Å². The SMILES string of the molecule is CC(C)C[C@H](NC(=O)NCc1ccc(C#N)cc1)C(=O)OC(C)(C)C. The molecule has 0 bridgehead atoms. The molecule has 1 aromatic rings. The van der Waals surface area contributed by atoms with E-state index in [4.69, 9.17) is 10.00 Å². The smallest absolute Gasteiger partial charge is 0.329 e. The van der Waals surface area contributed by atoms with E-state index in [0.717, 1.165) is 5.56 Å². The van der Waals surface area contributed by atoms with E-state index in [0.29, 0.717) is 18.5 Å². The van der Waals surface area contributed by atoms with Crippen molar-refractivity contribution in [1.29, 1.82) is 5.26 Å². The monoisotopic (exact) mass is 345 g/mol. The Hall–Kier alpha value is -2.55. The lowest BCUT2D eigenvalue weighted by atomic mass is 10.0. The van der Waals surface area contributed by atoms with E-state index in [1.54, 1.807) is 45.0 Å². The lowest BCUT2D eigenvalue weighted by Gasteiger charge is -2.25. The van der Waals surface area contributed by atoms with Crippen LogP contribution in [-0.2, 0) is 16.1 Å². The van der Waals surface area contributed by atoms with Crippen LogP contribution in [0.5, 0.6) is 0 Å². The predicted octanol–water partition coefficient (Wildman–Crippen LogP) is 3.11. The zero-order chi connectivity index (χ0) is 19.0. The molecule has 0 unspecified atom stereocenters. The van der Waals surface area contributed by atoms with Crippen LogP contribution in [0.2, 0.25) is 0 Å². The molecule has 1 aromatic carbocycles. The molecule has 0 radical (unpaired) electrons. The molecule has 0 aliphatic carbocycles. The van der Waals surface area contributed by atoms with Gasteiger partial charge < -0.3 is 15.4 Å². The molecule has 0 aliphatic rings. The average Bonchev–Trinajstić information content (AvgIpc) is 2.50. The number of amides is 2. The van der Waals surface area contributed by atoms with Crippen molar-refractivity contribution in [3.05, 3.63) is 35.4 Å². The average molecular weight is 345 g/mol. The second-order valence-corrected chi connectivity index (χ2v) is 7.35. The molecule has 1 atom stereocenters. The fourth-order valence-electron chi connectivity index (χ4n) is 2.15. The van der Waals surface area contributed by atoms with Crippen molar-refractivity contribution in [1.82, 2.24) is 10.6 Å². The summed E-state index contributed by atoms with van der Waals surface area (Å²) in [5.74, 6) is -0.203. The fraction of sp³-hybridized carbons (Fsp3) is 0.526. The summed E-state index contributed by atoms with van der Waals surface area (Å²) in [6.45, 7) is 9.65. The first-order chi connectivity index (χ1) is 11.6. The van der Waals surface area contributed by atoms with Gasteiger partial charge in [-0.15, -0.1) is 0 Å². The van der Waals surface area contributed by atoms with Crippen molar-refractivity contribution in [2.45, 2.75) is 59.2 Å². The Morgan fingerprint density at radius 1 is 1.20 bits per heavy atom. The molecule has 6 heteroatoms. The summed E-state index contributed by atoms with van der Waals surface area (Å²) in [5, 5.41) is 14.2. The highest BCUT2D eigenvalue weighted by molar-refractivity contribution is 5.83. The Kier molecular flexibility index (Phi) is 7.43. The van der Waals surface area contributed by atoms with Gasteiger partial charge in [0, 0.05) is 6.54 Å². The highest BCUT2D eigenvalue weighted by Crippen LogP contribution is 2.13. The van der Waals surface area contributed by atoms with Gasteiger partial charge in [-0.05, 0) is 50.8 Å². The number of esters is 1. The van der Waals surface area contributed by atoms with Gasteiger partial charge in [0.1, 0.15) is 11.6 Å². The molecule has 0 fully saturated rings. The van der Waals surface area contributed by atoms with Gasteiger partial charge in [0.25, 0.3) is 0 Å². The van der Waals surface area contributed by atoms with Crippen molar-refractivity contribution in [2.75, 3.05) is 0 Å². The van der Waals surface area contributed by atoms with Gasteiger partial charge in [-0.1, -0.05) is 26.0 Å². The molecular formula is C19H27N3O3. The fourth-order valence-corrected chi connectivity index (χ4v) is 2.15. The molecule has 0 saturated carbocycles. The summed E-state index contributed by atoms with van der Waals surface area (Å²) < 4.78 is 5.38. The van der Waals surface area contributed by atoms with Crippen LogP contribution in [0, 0.1) is 17.2 Å². The van der Waals surface area contributed by atoms with Crippen LogP contribution < -0.4 is 10.6 Å². The molecule has 0 spiro atoms. The Balaban J connectivity index is 2.61. The summed E-state index contributed by atoms with van der Waals surface area (Å²) in [5.41, 5.74) is 0.828. The van der Waals surface area contributed by atoms with Crippen LogP contribution in [0.3, 0.4) is 0 Å². The molecule has 136 valence electrons. The number of benzene rings is 1. The van der Waals surface area contributed by atoms with Gasteiger partial charge in [-0.3, -0.25) is 0 Å². The molecule has 2 N–H and O–H groups in total. The quantitative estimate of drug-likeness (QED) is 0.775. The van der Waals surface area contributed by atoms with Crippen molar-refractivity contribution < 1.29 is 14.3 Å². The third-order valence-corrected chi connectivity index (χ3v) is 3.24. The van der Waals surface area contributed by atoms with E-state index in [2.05, 4.69) is 10.6 Å². The standard InChI is InChI=1S/C19H27N3O3/c1-13(2)10-16(17(23)25-19(3,4)5)22-18(24)21-12-15-8-6-14(11-20)7-9-15/h6-9,13,16H,10,12H2,1-5H3,(H2,21,22,24)/t16-/m0/s1. The van der Waals surface area contributed by atoms with E-state index in [9.17, 15) is 9.59 Å². The maximum atomic E-state index is 12.3. The first-order valence-electron chi connectivity index (χ1n) is 8.37. The molecule has 0 saturated heterocycles. The number of carbonyl (C=O) groups is 2. The molecule has 0 aliphatic heterocycles. The summed E-state index contributed by atoms with van der Waals surface area (Å²) in [6, 6.07) is 7.85. The van der Waals surface area contributed by atoms with E-state index in [-0.39, 0.29) is 5.92 Å². The number of hydrogen-bond acceptors (Lipinski definition) is 4. The summed E-state index contributed by atoms with van der Waals surface area (Å²) in [4.78, 5) is 24.4. The van der Waals surface area contributed by atoms with Crippen molar-refractivity contribution >= 4 is 12.0 Å². The van der Waals surface area contributed by atoms with E-state index < -0.39 is 23.6 Å². The molecule has 2 amide bonds. The Bertz CT molecular complexity index is 625. The van der Waals surface area contributed by atoms with Crippen molar-refractivity contribution in [3.63, 3.8) is 0 Å². The number of urea groups is 1. The lowest BCUT2D eigenvalue weighted by molar-refractivity contribution is -0.157. The number of carbonyl (C=O) groups excluding carboxylic acids is 2. The van der Waals surface area contributed by atoms with Gasteiger partial charge in [0.05, 0.1) is 11.6 Å². The normalized spacial score (nSPS) is 12.2. The van der Waals surface area contributed by atoms with Crippen molar-refractivity contribution in [2.24, 2.45) is 5.92 Å². The van der Waals surface area contributed by atoms with E-state index in [1.807, 2.05) is 19.9 Å². The number of nitrogens with one attached hydrogen (secondary N) is 2. The van der Waals surface area contributed by atoms with Crippen LogP contribution in [0.15, 0.2) is 24.3 Å². The van der Waals surface area contributed by atoms with Gasteiger partial charge >= 0.3 is 12.0 Å². The maximum Gasteiger partial charge on any atom is 0.329 e.